The van der Waals surface area contributed by atoms with Crippen LogP contribution in [0.25, 0.3) is 0 Å². The minimum absolute atomic E-state index is 0.122. The van der Waals surface area contributed by atoms with Gasteiger partial charge in [0.1, 0.15) is 0 Å². The Labute approximate surface area is 141 Å². The van der Waals surface area contributed by atoms with Crippen molar-refractivity contribution in [1.82, 2.24) is 9.88 Å². The molecule has 1 aromatic carbocycles. The summed E-state index contributed by atoms with van der Waals surface area (Å²) in [6.45, 7) is 3.05. The van der Waals surface area contributed by atoms with Crippen molar-refractivity contribution in [3.8, 4) is 11.5 Å². The molecule has 6 heteroatoms. The molecule has 6 nitrogen and oxygen atoms in total. The van der Waals surface area contributed by atoms with E-state index in [1.54, 1.807) is 18.5 Å². The van der Waals surface area contributed by atoms with Gasteiger partial charge in [-0.25, -0.2) is 0 Å². The average Bonchev–Trinajstić information content (AvgIpc) is 2.63. The second-order valence-electron chi connectivity index (χ2n) is 5.90. The zero-order chi connectivity index (χ0) is 16.9. The Morgan fingerprint density at radius 2 is 1.71 bits per heavy atom. The maximum atomic E-state index is 12.4. The zero-order valence-corrected chi connectivity index (χ0v) is 13.4. The molecule has 0 radical (unpaired) electrons. The van der Waals surface area contributed by atoms with Crippen LogP contribution in [0.3, 0.4) is 0 Å². The Morgan fingerprint density at radius 1 is 1.00 bits per heavy atom. The number of benzene rings is 1. The quantitative estimate of drug-likeness (QED) is 0.837. The third-order valence-electron chi connectivity index (χ3n) is 4.33. The van der Waals surface area contributed by atoms with Crippen molar-refractivity contribution in [2.24, 2.45) is 0 Å². The molecule has 2 N–H and O–H groups in total. The van der Waals surface area contributed by atoms with Crippen LogP contribution in [0.5, 0.6) is 11.5 Å². The highest BCUT2D eigenvalue weighted by Crippen LogP contribution is 2.25. The van der Waals surface area contributed by atoms with Crippen LogP contribution < -0.4 is 4.90 Å². The minimum atomic E-state index is -0.147. The van der Waals surface area contributed by atoms with Gasteiger partial charge in [0.05, 0.1) is 0 Å². The van der Waals surface area contributed by atoms with E-state index in [4.69, 9.17) is 0 Å². The zero-order valence-electron chi connectivity index (χ0n) is 13.4. The van der Waals surface area contributed by atoms with E-state index in [1.165, 1.54) is 12.1 Å². The highest BCUT2D eigenvalue weighted by molar-refractivity contribution is 5.76. The number of aromatic nitrogens is 1. The molecule has 1 aliphatic heterocycles. The van der Waals surface area contributed by atoms with Gasteiger partial charge in [0.15, 0.2) is 11.5 Å². The molecule has 0 bridgehead atoms. The molecular weight excluding hydrogens is 306 g/mol. The number of phenolic OH excluding ortho intramolecular Hbond substituents is 2. The fourth-order valence-corrected chi connectivity index (χ4v) is 2.90. The standard InChI is InChI=1S/C18H21N3O3/c22-16-3-1-14(13-17(16)23)2-4-18(24)21-11-9-20(10-12-21)15-5-7-19-8-6-15/h1,3,5-8,13,22-23H,2,4,9-12H2. The Bertz CT molecular complexity index is 698. The summed E-state index contributed by atoms with van der Waals surface area (Å²) in [6.07, 6.45) is 4.51. The predicted molar refractivity (Wildman–Crippen MR) is 91.1 cm³/mol. The fraction of sp³-hybridized carbons (Fsp3) is 0.333. The monoisotopic (exact) mass is 327 g/mol. The summed E-state index contributed by atoms with van der Waals surface area (Å²) >= 11 is 0. The Morgan fingerprint density at radius 3 is 2.38 bits per heavy atom. The van der Waals surface area contributed by atoms with Gasteiger partial charge in [-0.05, 0) is 36.2 Å². The normalized spacial score (nSPS) is 14.7. The van der Waals surface area contributed by atoms with Gasteiger partial charge in [0.25, 0.3) is 0 Å². The summed E-state index contributed by atoms with van der Waals surface area (Å²) in [6, 6.07) is 8.64. The summed E-state index contributed by atoms with van der Waals surface area (Å²) in [5.41, 5.74) is 1.98. The first-order valence-corrected chi connectivity index (χ1v) is 8.07. The van der Waals surface area contributed by atoms with Gasteiger partial charge in [-0.3, -0.25) is 9.78 Å². The fourth-order valence-electron chi connectivity index (χ4n) is 2.90. The van der Waals surface area contributed by atoms with Crippen molar-refractivity contribution < 1.29 is 15.0 Å². The third kappa shape index (κ3) is 3.76. The Hall–Kier alpha value is -2.76. The van der Waals surface area contributed by atoms with Crippen LogP contribution in [0, 0.1) is 0 Å². The second-order valence-corrected chi connectivity index (χ2v) is 5.90. The van der Waals surface area contributed by atoms with Gasteiger partial charge in [-0.1, -0.05) is 6.07 Å². The van der Waals surface area contributed by atoms with Crippen LogP contribution in [0.4, 0.5) is 5.69 Å². The van der Waals surface area contributed by atoms with Crippen molar-refractivity contribution in [2.75, 3.05) is 31.1 Å². The molecule has 1 aliphatic rings. The largest absolute Gasteiger partial charge is 0.504 e. The maximum absolute atomic E-state index is 12.4. The van der Waals surface area contributed by atoms with Crippen molar-refractivity contribution in [3.63, 3.8) is 0 Å². The summed E-state index contributed by atoms with van der Waals surface area (Å²) in [5.74, 6) is -0.167. The molecule has 0 atom stereocenters. The average molecular weight is 327 g/mol. The molecule has 1 saturated heterocycles. The number of nitrogens with zero attached hydrogens (tertiary/aromatic N) is 3. The number of amides is 1. The van der Waals surface area contributed by atoms with E-state index in [0.717, 1.165) is 24.3 Å². The third-order valence-corrected chi connectivity index (χ3v) is 4.33. The van der Waals surface area contributed by atoms with Gasteiger partial charge in [-0.15, -0.1) is 0 Å². The van der Waals surface area contributed by atoms with Gasteiger partial charge in [0, 0.05) is 50.7 Å². The molecule has 0 spiro atoms. The molecule has 1 fully saturated rings. The van der Waals surface area contributed by atoms with E-state index < -0.39 is 0 Å². The number of carbonyl (C=O) groups excluding carboxylic acids is 1. The number of pyridine rings is 1. The summed E-state index contributed by atoms with van der Waals surface area (Å²) < 4.78 is 0. The van der Waals surface area contributed by atoms with Gasteiger partial charge in [0.2, 0.25) is 5.91 Å². The second kappa shape index (κ2) is 7.21. The van der Waals surface area contributed by atoms with Gasteiger partial charge >= 0.3 is 0 Å². The van der Waals surface area contributed by atoms with Crippen molar-refractivity contribution >= 4 is 11.6 Å². The summed E-state index contributed by atoms with van der Waals surface area (Å²) in [5, 5.41) is 18.8. The number of rotatable bonds is 4. The van der Waals surface area contributed by atoms with Crippen LogP contribution in [0.2, 0.25) is 0 Å². The SMILES string of the molecule is O=C(CCc1ccc(O)c(O)c1)N1CCN(c2ccncc2)CC1. The van der Waals surface area contributed by atoms with Crippen LogP contribution in [0.15, 0.2) is 42.7 Å². The number of carbonyl (C=O) groups is 1. The summed E-state index contributed by atoms with van der Waals surface area (Å²) in [4.78, 5) is 20.5. The number of aromatic hydroxyl groups is 2. The van der Waals surface area contributed by atoms with Crippen molar-refractivity contribution in [3.05, 3.63) is 48.3 Å². The Balaban J connectivity index is 1.49. The molecular formula is C18H21N3O3. The van der Waals surface area contributed by atoms with E-state index in [9.17, 15) is 15.0 Å². The van der Waals surface area contributed by atoms with Crippen molar-refractivity contribution in [1.29, 1.82) is 0 Å². The molecule has 0 aliphatic carbocycles. The molecule has 1 amide bonds. The van der Waals surface area contributed by atoms with E-state index in [-0.39, 0.29) is 17.4 Å². The number of hydrogen-bond acceptors (Lipinski definition) is 5. The molecule has 126 valence electrons. The van der Waals surface area contributed by atoms with Crippen molar-refractivity contribution in [2.45, 2.75) is 12.8 Å². The topological polar surface area (TPSA) is 76.9 Å². The minimum Gasteiger partial charge on any atom is -0.504 e. The molecule has 0 unspecified atom stereocenters. The molecule has 3 rings (SSSR count). The highest BCUT2D eigenvalue weighted by Gasteiger charge is 2.21. The number of aryl methyl sites for hydroxylation is 1. The highest BCUT2D eigenvalue weighted by atomic mass is 16.3. The van der Waals surface area contributed by atoms with Gasteiger partial charge in [-0.2, -0.15) is 0 Å². The number of piperazine rings is 1. The van der Waals surface area contributed by atoms with Crippen LogP contribution >= 0.6 is 0 Å². The lowest BCUT2D eigenvalue weighted by molar-refractivity contribution is -0.131. The lowest BCUT2D eigenvalue weighted by Crippen LogP contribution is -2.48. The van der Waals surface area contributed by atoms with E-state index >= 15 is 0 Å². The molecule has 0 saturated carbocycles. The van der Waals surface area contributed by atoms with E-state index in [2.05, 4.69) is 9.88 Å². The smallest absolute Gasteiger partial charge is 0.223 e. The van der Waals surface area contributed by atoms with Crippen LogP contribution in [-0.4, -0.2) is 52.2 Å². The number of hydrogen-bond donors (Lipinski definition) is 2. The van der Waals surface area contributed by atoms with Gasteiger partial charge < -0.3 is 20.0 Å². The Kier molecular flexibility index (Phi) is 4.84. The lowest BCUT2D eigenvalue weighted by atomic mass is 10.1. The first-order valence-electron chi connectivity index (χ1n) is 8.07. The van der Waals surface area contributed by atoms with E-state index in [0.29, 0.717) is 25.9 Å². The first-order chi connectivity index (χ1) is 11.6. The van der Waals surface area contributed by atoms with Crippen LogP contribution in [0.1, 0.15) is 12.0 Å². The molecule has 24 heavy (non-hydrogen) atoms. The van der Waals surface area contributed by atoms with E-state index in [1.807, 2.05) is 17.0 Å². The molecule has 2 heterocycles. The predicted octanol–water partition coefficient (Wildman–Crippen LogP) is 1.77. The molecule has 1 aromatic heterocycles. The lowest BCUT2D eigenvalue weighted by Gasteiger charge is -2.36. The maximum Gasteiger partial charge on any atom is 0.223 e. The van der Waals surface area contributed by atoms with Crippen LogP contribution in [-0.2, 0) is 11.2 Å². The number of anilines is 1. The number of phenols is 2. The molecule has 2 aromatic rings. The first kappa shape index (κ1) is 16.1. The summed E-state index contributed by atoms with van der Waals surface area (Å²) in [7, 11) is 0.